The highest BCUT2D eigenvalue weighted by Crippen LogP contribution is 2.43. The Hall–Kier alpha value is -4.49. The number of hydrogen-bond donors (Lipinski definition) is 4. The van der Waals surface area contributed by atoms with Gasteiger partial charge in [-0.3, -0.25) is 4.79 Å². The number of fused-ring (bicyclic) bond motifs is 1. The molecule has 0 spiro atoms. The zero-order chi connectivity index (χ0) is 37.7. The van der Waals surface area contributed by atoms with E-state index in [1.165, 1.54) is 6.07 Å². The molecule has 0 aliphatic carbocycles. The van der Waals surface area contributed by atoms with E-state index in [9.17, 15) is 29.4 Å². The number of hydrogen-bond acceptors (Lipinski definition) is 11. The van der Waals surface area contributed by atoms with Crippen LogP contribution in [0, 0.1) is 0 Å². The number of phenols is 2. The molecule has 1 aliphatic rings. The molecule has 3 aromatic rings. The number of nitrogens with zero attached hydrogens (tertiary/aromatic N) is 1. The van der Waals surface area contributed by atoms with Gasteiger partial charge in [-0.2, -0.15) is 0 Å². The lowest BCUT2D eigenvalue weighted by atomic mass is 9.85. The second kappa shape index (κ2) is 16.2. The van der Waals surface area contributed by atoms with E-state index in [-0.39, 0.29) is 47.6 Å². The fraction of sp³-hybridized carbons (Fsp3) is 0.514. The fourth-order valence-electron chi connectivity index (χ4n) is 5.90. The van der Waals surface area contributed by atoms with Crippen LogP contribution in [0.2, 0.25) is 5.02 Å². The lowest BCUT2D eigenvalue weighted by molar-refractivity contribution is -0.155. The summed E-state index contributed by atoms with van der Waals surface area (Å²) in [5.74, 6) is -2.07. The molecule has 1 fully saturated rings. The number of carbonyl (C=O) groups is 3. The Morgan fingerprint density at radius 1 is 1.00 bits per heavy atom. The van der Waals surface area contributed by atoms with Gasteiger partial charge in [0.1, 0.15) is 51.6 Å². The Kier molecular flexibility index (Phi) is 12.5. The summed E-state index contributed by atoms with van der Waals surface area (Å²) in [7, 11) is 1.86. The van der Waals surface area contributed by atoms with Crippen molar-refractivity contribution in [1.29, 1.82) is 0 Å². The highest BCUT2D eigenvalue weighted by Gasteiger charge is 2.38. The number of carbonyl (C=O) groups excluding carboxylic acids is 3. The third-order valence-electron chi connectivity index (χ3n) is 8.10. The van der Waals surface area contributed by atoms with Crippen LogP contribution in [-0.2, 0) is 19.0 Å². The van der Waals surface area contributed by atoms with E-state index in [1.54, 1.807) is 65.8 Å². The molecule has 4 rings (SSSR count). The third-order valence-corrected chi connectivity index (χ3v) is 8.43. The van der Waals surface area contributed by atoms with Crippen LogP contribution in [-0.4, -0.2) is 83.3 Å². The zero-order valence-corrected chi connectivity index (χ0v) is 30.9. The predicted octanol–water partition coefficient (Wildman–Crippen LogP) is 6.44. The molecule has 2 aromatic carbocycles. The Morgan fingerprint density at radius 2 is 1.67 bits per heavy atom. The van der Waals surface area contributed by atoms with Crippen molar-refractivity contribution in [1.82, 2.24) is 15.5 Å². The van der Waals surface area contributed by atoms with Gasteiger partial charge in [0, 0.05) is 42.3 Å². The van der Waals surface area contributed by atoms with Gasteiger partial charge in [-0.15, -0.1) is 0 Å². The van der Waals surface area contributed by atoms with E-state index in [2.05, 4.69) is 10.6 Å². The molecule has 1 saturated heterocycles. The minimum absolute atomic E-state index is 0.0496. The van der Waals surface area contributed by atoms with Crippen molar-refractivity contribution in [3.63, 3.8) is 0 Å². The standard InChI is InChI=1S/C37H48ClN3O10/c1-36(2,3)50-34(46)39-16-11-10-14-24(40-35(47)51-37(4,5)6)33(45)49-29-20-41(7)17-15-22(29)30-25(42)18-26(43)31-27(44)19-28(48-32(30)31)21-12-8-9-13-23(21)38/h8-9,12-13,18-19,22,24,29,42-43H,10-11,14-17,20H2,1-7H3,(H,39,46)(H,40,47)/t22-,24-,29+/m0/s1. The molecule has 0 saturated carbocycles. The summed E-state index contributed by atoms with van der Waals surface area (Å²) in [6.07, 6.45) is -0.747. The van der Waals surface area contributed by atoms with Gasteiger partial charge < -0.3 is 44.4 Å². The van der Waals surface area contributed by atoms with Crippen LogP contribution < -0.4 is 16.1 Å². The lowest BCUT2D eigenvalue weighted by Crippen LogP contribution is -2.48. The number of likely N-dealkylation sites (N-methyl/N-ethyl adjacent to an activating group) is 1. The molecule has 51 heavy (non-hydrogen) atoms. The first kappa shape index (κ1) is 39.3. The number of ether oxygens (including phenoxy) is 3. The first-order valence-electron chi connectivity index (χ1n) is 17.0. The first-order valence-corrected chi connectivity index (χ1v) is 17.3. The van der Waals surface area contributed by atoms with Gasteiger partial charge in [-0.25, -0.2) is 14.4 Å². The summed E-state index contributed by atoms with van der Waals surface area (Å²) < 4.78 is 23.0. The summed E-state index contributed by atoms with van der Waals surface area (Å²) in [6.45, 7) is 11.5. The molecular weight excluding hydrogens is 682 g/mol. The maximum Gasteiger partial charge on any atom is 0.408 e. The van der Waals surface area contributed by atoms with Crippen LogP contribution in [0.15, 0.2) is 45.6 Å². The predicted molar refractivity (Wildman–Crippen MR) is 192 cm³/mol. The molecule has 3 atom stereocenters. The molecule has 278 valence electrons. The summed E-state index contributed by atoms with van der Waals surface area (Å²) in [4.78, 5) is 54.1. The maximum absolute atomic E-state index is 13.9. The van der Waals surface area contributed by atoms with Crippen molar-refractivity contribution in [2.45, 2.75) is 96.5 Å². The molecular formula is C37H48ClN3O10. The largest absolute Gasteiger partial charge is 0.507 e. The number of unbranched alkanes of at least 4 members (excludes halogenated alkanes) is 1. The number of aromatic hydroxyl groups is 2. The number of likely N-dealkylation sites (tertiary alicyclic amines) is 1. The number of halogens is 1. The number of esters is 1. The van der Waals surface area contributed by atoms with Gasteiger partial charge in [-0.05, 0) is 93.0 Å². The van der Waals surface area contributed by atoms with Crippen molar-refractivity contribution in [2.75, 3.05) is 26.7 Å². The minimum atomic E-state index is -1.11. The molecule has 0 bridgehead atoms. The van der Waals surface area contributed by atoms with Gasteiger partial charge in [-0.1, -0.05) is 23.7 Å². The monoisotopic (exact) mass is 729 g/mol. The van der Waals surface area contributed by atoms with Crippen LogP contribution in [0.1, 0.15) is 78.7 Å². The van der Waals surface area contributed by atoms with Gasteiger partial charge in [0.25, 0.3) is 0 Å². The van der Waals surface area contributed by atoms with Crippen LogP contribution in [0.3, 0.4) is 0 Å². The summed E-state index contributed by atoms with van der Waals surface area (Å²) >= 11 is 6.41. The third kappa shape index (κ3) is 10.8. The van der Waals surface area contributed by atoms with Crippen molar-refractivity contribution in [3.05, 3.63) is 57.2 Å². The Bertz CT molecular complexity index is 1800. The molecule has 1 aromatic heterocycles. The van der Waals surface area contributed by atoms with Gasteiger partial charge in [0.2, 0.25) is 0 Å². The highest BCUT2D eigenvalue weighted by atomic mass is 35.5. The fourth-order valence-corrected chi connectivity index (χ4v) is 6.13. The second-order valence-corrected chi connectivity index (χ2v) is 15.2. The average Bonchev–Trinajstić information content (AvgIpc) is 2.99. The highest BCUT2D eigenvalue weighted by molar-refractivity contribution is 6.33. The SMILES string of the molecule is CN1CC[C@H](c2c(O)cc(O)c3c(=O)cc(-c4ccccc4Cl)oc23)[C@H](OC(=O)[C@H](CCCCNC(=O)OC(C)(C)C)NC(=O)OC(C)(C)C)C1. The average molecular weight is 730 g/mol. The molecule has 14 heteroatoms. The smallest absolute Gasteiger partial charge is 0.408 e. The summed E-state index contributed by atoms with van der Waals surface area (Å²) in [5.41, 5.74) is -1.42. The molecule has 0 unspecified atom stereocenters. The van der Waals surface area contributed by atoms with Crippen molar-refractivity contribution in [3.8, 4) is 22.8 Å². The number of nitrogens with one attached hydrogen (secondary N) is 2. The molecule has 13 nitrogen and oxygen atoms in total. The molecule has 2 heterocycles. The maximum atomic E-state index is 13.9. The van der Waals surface area contributed by atoms with E-state index in [1.807, 2.05) is 11.9 Å². The van der Waals surface area contributed by atoms with Crippen LogP contribution >= 0.6 is 11.6 Å². The number of benzene rings is 2. The number of phenolic OH excluding ortho intramolecular Hbond substituents is 2. The molecule has 4 N–H and O–H groups in total. The van der Waals surface area contributed by atoms with E-state index in [0.29, 0.717) is 36.4 Å². The Morgan fingerprint density at radius 3 is 2.33 bits per heavy atom. The normalized spacial score (nSPS) is 17.4. The quantitative estimate of drug-likeness (QED) is 0.103. The molecule has 1 aliphatic heterocycles. The number of alkyl carbamates (subject to hydrolysis) is 2. The van der Waals surface area contributed by atoms with Gasteiger partial charge >= 0.3 is 18.2 Å². The van der Waals surface area contributed by atoms with Crippen LogP contribution in [0.4, 0.5) is 9.59 Å². The zero-order valence-electron chi connectivity index (χ0n) is 30.1. The molecule has 2 amide bonds. The van der Waals surface area contributed by atoms with Crippen molar-refractivity contribution in [2.24, 2.45) is 0 Å². The van der Waals surface area contributed by atoms with Gasteiger partial charge in [0.15, 0.2) is 5.43 Å². The summed E-state index contributed by atoms with van der Waals surface area (Å²) in [5, 5.41) is 27.5. The van der Waals surface area contributed by atoms with Crippen LogP contribution in [0.5, 0.6) is 11.5 Å². The molecule has 0 radical (unpaired) electrons. The van der Waals surface area contributed by atoms with Gasteiger partial charge in [0.05, 0.1) is 5.02 Å². The topological polar surface area (TPSA) is 177 Å². The minimum Gasteiger partial charge on any atom is -0.507 e. The first-order chi connectivity index (χ1) is 23.8. The second-order valence-electron chi connectivity index (χ2n) is 14.7. The Balaban J connectivity index is 1.62. The van der Waals surface area contributed by atoms with Crippen molar-refractivity contribution >= 4 is 40.7 Å². The van der Waals surface area contributed by atoms with Crippen molar-refractivity contribution < 1.29 is 43.2 Å². The number of amides is 2. The van der Waals surface area contributed by atoms with E-state index in [4.69, 9.17) is 30.2 Å². The van der Waals surface area contributed by atoms with E-state index < -0.39 is 58.6 Å². The van der Waals surface area contributed by atoms with E-state index >= 15 is 0 Å². The number of piperidine rings is 1. The number of rotatable bonds is 10. The summed E-state index contributed by atoms with van der Waals surface area (Å²) in [6, 6.07) is 8.00. The lowest BCUT2D eigenvalue weighted by Gasteiger charge is -2.37. The van der Waals surface area contributed by atoms with Crippen LogP contribution in [0.25, 0.3) is 22.3 Å². The van der Waals surface area contributed by atoms with E-state index in [0.717, 1.165) is 6.07 Å². The Labute approximate surface area is 302 Å².